The van der Waals surface area contributed by atoms with Gasteiger partial charge in [-0.3, -0.25) is 9.59 Å². The Morgan fingerprint density at radius 1 is 0.914 bits per heavy atom. The molecule has 10 heteroatoms. The second-order valence-corrected chi connectivity index (χ2v) is 7.35. The summed E-state index contributed by atoms with van der Waals surface area (Å²) in [7, 11) is 0. The molecule has 35 heavy (non-hydrogen) atoms. The van der Waals surface area contributed by atoms with Crippen molar-refractivity contribution >= 4 is 29.3 Å². The Bertz CT molecular complexity index is 1380. The molecule has 0 saturated carbocycles. The first-order chi connectivity index (χ1) is 16.7. The largest absolute Gasteiger partial charge is 0.454 e. The van der Waals surface area contributed by atoms with Gasteiger partial charge in [0.05, 0.1) is 5.56 Å². The van der Waals surface area contributed by atoms with Crippen molar-refractivity contribution in [2.75, 3.05) is 17.4 Å². The van der Waals surface area contributed by atoms with Crippen molar-refractivity contribution in [3.63, 3.8) is 0 Å². The van der Waals surface area contributed by atoms with Crippen LogP contribution in [0.25, 0.3) is 6.08 Å². The first-order valence-corrected chi connectivity index (χ1v) is 10.1. The number of carbonyl (C=O) groups is 2. The molecule has 0 bridgehead atoms. The number of halogens is 3. The smallest absolute Gasteiger partial charge is 0.416 e. The van der Waals surface area contributed by atoms with Crippen molar-refractivity contribution in [2.45, 2.75) is 6.18 Å². The number of hydrogen-bond acceptors (Lipinski definition) is 5. The van der Waals surface area contributed by atoms with Crippen LogP contribution in [-0.2, 0) is 11.0 Å². The van der Waals surface area contributed by atoms with E-state index in [0.29, 0.717) is 17.1 Å². The summed E-state index contributed by atoms with van der Waals surface area (Å²) in [6.45, 7) is 0.0891. The monoisotopic (exact) mass is 479 g/mol. The van der Waals surface area contributed by atoms with Gasteiger partial charge in [0.15, 0.2) is 11.5 Å². The van der Waals surface area contributed by atoms with Crippen molar-refractivity contribution in [1.29, 1.82) is 5.26 Å². The predicted molar refractivity (Wildman–Crippen MR) is 121 cm³/mol. The van der Waals surface area contributed by atoms with Gasteiger partial charge in [-0.25, -0.2) is 0 Å². The minimum atomic E-state index is -4.54. The zero-order valence-corrected chi connectivity index (χ0v) is 17.8. The molecule has 0 aromatic heterocycles. The fourth-order valence-electron chi connectivity index (χ4n) is 3.23. The summed E-state index contributed by atoms with van der Waals surface area (Å²) in [6.07, 6.45) is -3.17. The Morgan fingerprint density at radius 2 is 1.63 bits per heavy atom. The fourth-order valence-corrected chi connectivity index (χ4v) is 3.23. The van der Waals surface area contributed by atoms with Crippen molar-refractivity contribution < 1.29 is 32.2 Å². The summed E-state index contributed by atoms with van der Waals surface area (Å²) in [4.78, 5) is 25.2. The van der Waals surface area contributed by atoms with Gasteiger partial charge in [0.25, 0.3) is 11.8 Å². The molecule has 0 spiro atoms. The van der Waals surface area contributed by atoms with Crippen LogP contribution in [0, 0.1) is 11.3 Å². The lowest BCUT2D eigenvalue weighted by Crippen LogP contribution is -2.16. The highest BCUT2D eigenvalue weighted by molar-refractivity contribution is 6.10. The topological polar surface area (TPSA) is 100 Å². The highest BCUT2D eigenvalue weighted by atomic mass is 19.4. The predicted octanol–water partition coefficient (Wildman–Crippen LogP) is 5.23. The average molecular weight is 479 g/mol. The number of anilines is 2. The number of benzene rings is 3. The number of nitrogens with zero attached hydrogens (tertiary/aromatic N) is 1. The van der Waals surface area contributed by atoms with E-state index in [1.165, 1.54) is 42.5 Å². The van der Waals surface area contributed by atoms with Gasteiger partial charge in [0.1, 0.15) is 11.6 Å². The number of hydrogen-bond donors (Lipinski definition) is 2. The van der Waals surface area contributed by atoms with Crippen LogP contribution in [0.2, 0.25) is 0 Å². The standard InChI is InChI=1S/C25H16F3N3O4/c26-25(27,28)18-4-2-6-20(12-18)31-23(32)16-3-1-5-19(11-16)30-24(33)17(13-29)9-15-7-8-21-22(10-15)35-14-34-21/h1-12H,14H2,(H,30,33)(H,31,32)/b17-9+. The summed E-state index contributed by atoms with van der Waals surface area (Å²) in [6, 6.07) is 16.8. The van der Waals surface area contributed by atoms with Crippen LogP contribution < -0.4 is 20.1 Å². The summed E-state index contributed by atoms with van der Waals surface area (Å²) in [5.41, 5.74) is -0.248. The number of alkyl halides is 3. The Kier molecular flexibility index (Phi) is 6.42. The zero-order chi connectivity index (χ0) is 25.0. The maximum Gasteiger partial charge on any atom is 0.416 e. The van der Waals surface area contributed by atoms with Crippen molar-refractivity contribution in [3.8, 4) is 17.6 Å². The third-order valence-electron chi connectivity index (χ3n) is 4.90. The van der Waals surface area contributed by atoms with E-state index in [4.69, 9.17) is 9.47 Å². The molecular weight excluding hydrogens is 463 g/mol. The van der Waals surface area contributed by atoms with Crippen LogP contribution in [0.5, 0.6) is 11.5 Å². The highest BCUT2D eigenvalue weighted by Gasteiger charge is 2.30. The summed E-state index contributed by atoms with van der Waals surface area (Å²) < 4.78 is 49.2. The molecule has 0 saturated heterocycles. The van der Waals surface area contributed by atoms with Crippen LogP contribution >= 0.6 is 0 Å². The molecule has 0 fully saturated rings. The summed E-state index contributed by atoms with van der Waals surface area (Å²) in [5.74, 6) is -0.321. The van der Waals surface area contributed by atoms with Crippen LogP contribution in [0.1, 0.15) is 21.5 Å². The van der Waals surface area contributed by atoms with Gasteiger partial charge in [-0.05, 0) is 60.2 Å². The first-order valence-electron chi connectivity index (χ1n) is 10.1. The third kappa shape index (κ3) is 5.59. The molecule has 3 aromatic carbocycles. The molecule has 2 N–H and O–H groups in total. The van der Waals surface area contributed by atoms with E-state index < -0.39 is 23.6 Å². The van der Waals surface area contributed by atoms with Gasteiger partial charge in [-0.15, -0.1) is 0 Å². The Hall–Kier alpha value is -4.78. The number of nitriles is 1. The second-order valence-electron chi connectivity index (χ2n) is 7.35. The number of fused-ring (bicyclic) bond motifs is 1. The molecule has 1 aliphatic rings. The molecule has 1 aliphatic heterocycles. The Morgan fingerprint density at radius 3 is 2.37 bits per heavy atom. The molecule has 0 atom stereocenters. The second kappa shape index (κ2) is 9.61. The number of carbonyl (C=O) groups excluding carboxylic acids is 2. The Labute approximate surface area is 197 Å². The fraction of sp³-hybridized carbons (Fsp3) is 0.0800. The minimum Gasteiger partial charge on any atom is -0.454 e. The van der Waals surface area contributed by atoms with E-state index in [1.54, 1.807) is 18.2 Å². The number of nitrogens with one attached hydrogen (secondary N) is 2. The first kappa shape index (κ1) is 23.4. The van der Waals surface area contributed by atoms with Crippen LogP contribution in [-0.4, -0.2) is 18.6 Å². The van der Waals surface area contributed by atoms with E-state index in [2.05, 4.69) is 10.6 Å². The van der Waals surface area contributed by atoms with Gasteiger partial charge in [0.2, 0.25) is 6.79 Å². The third-order valence-corrected chi connectivity index (χ3v) is 4.90. The van der Waals surface area contributed by atoms with E-state index in [-0.39, 0.29) is 29.3 Å². The normalized spacial score (nSPS) is 12.6. The van der Waals surface area contributed by atoms with Gasteiger partial charge in [-0.2, -0.15) is 18.4 Å². The van der Waals surface area contributed by atoms with Crippen LogP contribution in [0.3, 0.4) is 0 Å². The molecule has 1 heterocycles. The average Bonchev–Trinajstić information content (AvgIpc) is 3.30. The van der Waals surface area contributed by atoms with Crippen molar-refractivity contribution in [1.82, 2.24) is 0 Å². The molecular formula is C25H16F3N3O4. The molecule has 2 amide bonds. The minimum absolute atomic E-state index is 0.0299. The van der Waals surface area contributed by atoms with Crippen molar-refractivity contribution in [2.24, 2.45) is 0 Å². The van der Waals surface area contributed by atoms with E-state index in [1.807, 2.05) is 6.07 Å². The number of ether oxygens (including phenoxy) is 2. The van der Waals surface area contributed by atoms with Crippen LogP contribution in [0.4, 0.5) is 24.5 Å². The molecule has 0 aliphatic carbocycles. The van der Waals surface area contributed by atoms with Gasteiger partial charge < -0.3 is 20.1 Å². The van der Waals surface area contributed by atoms with E-state index in [0.717, 1.165) is 12.1 Å². The zero-order valence-electron chi connectivity index (χ0n) is 17.8. The van der Waals surface area contributed by atoms with Crippen LogP contribution in [0.15, 0.2) is 72.3 Å². The highest BCUT2D eigenvalue weighted by Crippen LogP contribution is 2.33. The molecule has 3 aromatic rings. The lowest BCUT2D eigenvalue weighted by molar-refractivity contribution is -0.137. The maximum absolute atomic E-state index is 12.9. The molecule has 4 rings (SSSR count). The summed E-state index contributed by atoms with van der Waals surface area (Å²) in [5, 5.41) is 14.4. The lowest BCUT2D eigenvalue weighted by atomic mass is 10.1. The number of amides is 2. The quantitative estimate of drug-likeness (QED) is 0.386. The SMILES string of the molecule is N#C/C(=C\c1ccc2c(c1)OCO2)C(=O)Nc1cccc(C(=O)Nc2cccc(C(F)(F)F)c2)c1. The lowest BCUT2D eigenvalue weighted by Gasteiger charge is -2.11. The van der Waals surface area contributed by atoms with E-state index in [9.17, 15) is 28.0 Å². The van der Waals surface area contributed by atoms with Gasteiger partial charge >= 0.3 is 6.18 Å². The molecule has 0 radical (unpaired) electrons. The molecule has 0 unspecified atom stereocenters. The Balaban J connectivity index is 1.47. The molecule has 7 nitrogen and oxygen atoms in total. The number of rotatable bonds is 5. The maximum atomic E-state index is 12.9. The molecule has 176 valence electrons. The van der Waals surface area contributed by atoms with E-state index >= 15 is 0 Å². The van der Waals surface area contributed by atoms with Gasteiger partial charge in [-0.1, -0.05) is 18.2 Å². The van der Waals surface area contributed by atoms with Crippen molar-refractivity contribution in [3.05, 3.63) is 89.0 Å². The van der Waals surface area contributed by atoms with Gasteiger partial charge in [0, 0.05) is 16.9 Å². The summed E-state index contributed by atoms with van der Waals surface area (Å²) >= 11 is 0.